The van der Waals surface area contributed by atoms with Gasteiger partial charge in [-0.15, -0.1) is 11.8 Å². The highest BCUT2D eigenvalue weighted by atomic mass is 32.2. The van der Waals surface area contributed by atoms with Gasteiger partial charge in [-0.1, -0.05) is 12.1 Å². The number of amides is 1. The highest BCUT2D eigenvalue weighted by Crippen LogP contribution is 2.27. The largest absolute Gasteiger partial charge is 0.378 e. The van der Waals surface area contributed by atoms with Crippen LogP contribution in [0.2, 0.25) is 0 Å². The number of hydrogen-bond acceptors (Lipinski definition) is 5. The smallest absolute Gasteiger partial charge is 0.255 e. The first kappa shape index (κ1) is 21.8. The molecule has 2 aromatic carbocycles. The first-order valence-electron chi connectivity index (χ1n) is 9.09. The molecule has 1 heterocycles. The molecule has 0 atom stereocenters. The number of rotatable bonds is 6. The van der Waals surface area contributed by atoms with Crippen LogP contribution in [-0.4, -0.2) is 63.1 Å². The van der Waals surface area contributed by atoms with E-state index in [1.807, 2.05) is 6.26 Å². The number of carbonyl (C=O) groups excluding carboxylic acids is 1. The predicted octanol–water partition coefficient (Wildman–Crippen LogP) is 2.84. The van der Waals surface area contributed by atoms with Crippen LogP contribution in [0.4, 0.5) is 4.39 Å². The Balaban J connectivity index is 1.88. The van der Waals surface area contributed by atoms with Crippen molar-refractivity contribution in [2.24, 2.45) is 0 Å². The maximum absolute atomic E-state index is 13.1. The quantitative estimate of drug-likeness (QED) is 0.649. The minimum Gasteiger partial charge on any atom is -0.378 e. The lowest BCUT2D eigenvalue weighted by molar-refractivity contribution is 0.0300. The van der Waals surface area contributed by atoms with Crippen LogP contribution in [0.1, 0.15) is 15.9 Å². The Morgan fingerprint density at radius 3 is 2.45 bits per heavy atom. The topological polar surface area (TPSA) is 66.9 Å². The second-order valence-corrected chi connectivity index (χ2v) is 9.55. The van der Waals surface area contributed by atoms with E-state index in [-0.39, 0.29) is 23.2 Å². The summed E-state index contributed by atoms with van der Waals surface area (Å²) in [4.78, 5) is 15.4. The summed E-state index contributed by atoms with van der Waals surface area (Å²) in [7, 11) is -2.36. The van der Waals surface area contributed by atoms with Gasteiger partial charge < -0.3 is 9.64 Å². The second-order valence-electron chi connectivity index (χ2n) is 6.65. The van der Waals surface area contributed by atoms with Crippen LogP contribution in [0.5, 0.6) is 0 Å². The molecular formula is C20H23FN2O4S2. The van der Waals surface area contributed by atoms with Gasteiger partial charge in [-0.25, -0.2) is 12.8 Å². The molecule has 1 amide bonds. The van der Waals surface area contributed by atoms with Gasteiger partial charge in [-0.3, -0.25) is 4.79 Å². The lowest BCUT2D eigenvalue weighted by Crippen LogP contribution is -2.41. The Morgan fingerprint density at radius 2 is 1.83 bits per heavy atom. The molecule has 0 bridgehead atoms. The summed E-state index contributed by atoms with van der Waals surface area (Å²) in [5.74, 6) is -0.575. The number of nitrogens with zero attached hydrogens (tertiary/aromatic N) is 2. The van der Waals surface area contributed by atoms with E-state index in [4.69, 9.17) is 4.74 Å². The summed E-state index contributed by atoms with van der Waals surface area (Å²) < 4.78 is 45.7. The van der Waals surface area contributed by atoms with Crippen molar-refractivity contribution in [2.75, 3.05) is 39.6 Å². The third kappa shape index (κ3) is 4.98. The predicted molar refractivity (Wildman–Crippen MR) is 110 cm³/mol. The van der Waals surface area contributed by atoms with Gasteiger partial charge >= 0.3 is 0 Å². The molecule has 1 aliphatic rings. The van der Waals surface area contributed by atoms with Gasteiger partial charge in [-0.2, -0.15) is 4.31 Å². The van der Waals surface area contributed by atoms with E-state index in [0.29, 0.717) is 37.4 Å². The summed E-state index contributed by atoms with van der Waals surface area (Å²) in [5, 5.41) is 0. The number of halogens is 1. The van der Waals surface area contributed by atoms with E-state index >= 15 is 0 Å². The van der Waals surface area contributed by atoms with Crippen molar-refractivity contribution in [1.82, 2.24) is 9.21 Å². The second kappa shape index (κ2) is 9.25. The van der Waals surface area contributed by atoms with Gasteiger partial charge in [0, 0.05) is 31.6 Å². The van der Waals surface area contributed by atoms with Gasteiger partial charge in [0.2, 0.25) is 10.0 Å². The molecule has 0 unspecified atom stereocenters. The first-order chi connectivity index (χ1) is 13.8. The number of benzene rings is 2. The highest BCUT2D eigenvalue weighted by molar-refractivity contribution is 7.98. The number of sulfonamides is 1. The molecule has 0 aromatic heterocycles. The number of carbonyl (C=O) groups is 1. The minimum atomic E-state index is -3.82. The average Bonchev–Trinajstić information content (AvgIpc) is 2.74. The number of hydrogen-bond donors (Lipinski definition) is 0. The zero-order chi connectivity index (χ0) is 21.0. The molecule has 2 aromatic rings. The first-order valence-corrected chi connectivity index (χ1v) is 11.8. The van der Waals surface area contributed by atoms with Gasteiger partial charge in [0.25, 0.3) is 5.91 Å². The maximum atomic E-state index is 13.1. The van der Waals surface area contributed by atoms with Crippen LogP contribution >= 0.6 is 11.8 Å². The molecule has 156 valence electrons. The highest BCUT2D eigenvalue weighted by Gasteiger charge is 2.26. The number of thioether (sulfide) groups is 1. The van der Waals surface area contributed by atoms with Gasteiger partial charge in [0.1, 0.15) is 5.82 Å². The van der Waals surface area contributed by atoms with Crippen LogP contribution < -0.4 is 0 Å². The molecular weight excluding hydrogens is 415 g/mol. The third-order valence-corrected chi connectivity index (χ3v) is 7.32. The Hall–Kier alpha value is -1.94. The van der Waals surface area contributed by atoms with Crippen molar-refractivity contribution in [2.45, 2.75) is 16.3 Å². The van der Waals surface area contributed by atoms with Crippen molar-refractivity contribution >= 4 is 27.7 Å². The van der Waals surface area contributed by atoms with E-state index in [2.05, 4.69) is 0 Å². The van der Waals surface area contributed by atoms with E-state index in [0.717, 1.165) is 4.90 Å². The van der Waals surface area contributed by atoms with E-state index in [9.17, 15) is 17.6 Å². The number of ether oxygens (including phenoxy) is 1. The summed E-state index contributed by atoms with van der Waals surface area (Å²) in [6.45, 7) is 2.00. The molecule has 1 fully saturated rings. The fraction of sp³-hybridized carbons (Fsp3) is 0.350. The summed E-state index contributed by atoms with van der Waals surface area (Å²) >= 11 is 1.40. The van der Waals surface area contributed by atoms with Crippen LogP contribution in [0.3, 0.4) is 0 Å². The van der Waals surface area contributed by atoms with Crippen LogP contribution in [0.15, 0.2) is 52.3 Å². The molecule has 0 saturated carbocycles. The fourth-order valence-electron chi connectivity index (χ4n) is 3.06. The average molecular weight is 439 g/mol. The molecule has 1 aliphatic heterocycles. The standard InChI is InChI=1S/C20H23FN2O4S2/c1-22(14-15-3-5-16(21)6-4-15)29(25,26)17-7-8-19(28-2)18(13-17)20(24)23-9-11-27-12-10-23/h3-8,13H,9-12,14H2,1-2H3. The molecule has 1 saturated heterocycles. The Labute approximate surface area is 174 Å². The minimum absolute atomic E-state index is 0.0523. The molecule has 29 heavy (non-hydrogen) atoms. The van der Waals surface area contributed by atoms with Gasteiger partial charge in [0.15, 0.2) is 0 Å². The third-order valence-electron chi connectivity index (χ3n) is 4.73. The SMILES string of the molecule is CSc1ccc(S(=O)(=O)N(C)Cc2ccc(F)cc2)cc1C(=O)N1CCOCC1. The molecule has 0 radical (unpaired) electrons. The van der Waals surface area contributed by atoms with Gasteiger partial charge in [-0.05, 0) is 42.2 Å². The van der Waals surface area contributed by atoms with Crippen LogP contribution in [0, 0.1) is 5.82 Å². The maximum Gasteiger partial charge on any atom is 0.255 e. The summed E-state index contributed by atoms with van der Waals surface area (Å²) in [5.41, 5.74) is 1.04. The Morgan fingerprint density at radius 1 is 1.17 bits per heavy atom. The fourth-order valence-corrected chi connectivity index (χ4v) is 4.82. The molecule has 0 N–H and O–H groups in total. The Kier molecular flexibility index (Phi) is 6.94. The van der Waals surface area contributed by atoms with Crippen molar-refractivity contribution in [3.05, 3.63) is 59.4 Å². The van der Waals surface area contributed by atoms with Crippen molar-refractivity contribution in [1.29, 1.82) is 0 Å². The summed E-state index contributed by atoms with van der Waals surface area (Å²) in [6.07, 6.45) is 1.85. The van der Waals surface area contributed by atoms with E-state index in [1.165, 1.54) is 47.4 Å². The number of morpholine rings is 1. The normalized spacial score (nSPS) is 15.0. The molecule has 9 heteroatoms. The van der Waals surface area contributed by atoms with Crippen molar-refractivity contribution < 1.29 is 22.3 Å². The monoisotopic (exact) mass is 438 g/mol. The van der Waals surface area contributed by atoms with E-state index < -0.39 is 10.0 Å². The Bertz CT molecular complexity index is 974. The van der Waals surface area contributed by atoms with Gasteiger partial charge in [0.05, 0.1) is 23.7 Å². The van der Waals surface area contributed by atoms with Crippen LogP contribution in [0.25, 0.3) is 0 Å². The van der Waals surface area contributed by atoms with Crippen LogP contribution in [-0.2, 0) is 21.3 Å². The van der Waals surface area contributed by atoms with Crippen molar-refractivity contribution in [3.8, 4) is 0 Å². The molecule has 6 nitrogen and oxygen atoms in total. The lowest BCUT2D eigenvalue weighted by atomic mass is 10.2. The zero-order valence-corrected chi connectivity index (χ0v) is 17.9. The molecule has 0 aliphatic carbocycles. The summed E-state index contributed by atoms with van der Waals surface area (Å²) in [6, 6.07) is 10.3. The lowest BCUT2D eigenvalue weighted by Gasteiger charge is -2.27. The zero-order valence-electron chi connectivity index (χ0n) is 16.3. The van der Waals surface area contributed by atoms with E-state index in [1.54, 1.807) is 23.1 Å². The van der Waals surface area contributed by atoms with Crippen molar-refractivity contribution in [3.63, 3.8) is 0 Å². The molecule has 0 spiro atoms. The molecule has 3 rings (SSSR count).